The third-order valence-corrected chi connectivity index (χ3v) is 4.78. The van der Waals surface area contributed by atoms with Crippen molar-refractivity contribution in [3.8, 4) is 0 Å². The molecule has 2 rings (SSSR count). The first-order valence-electron chi connectivity index (χ1n) is 7.57. The van der Waals surface area contributed by atoms with Gasteiger partial charge in [-0.3, -0.25) is 14.9 Å². The Morgan fingerprint density at radius 3 is 2.62 bits per heavy atom. The molecule has 1 saturated carbocycles. The summed E-state index contributed by atoms with van der Waals surface area (Å²) in [7, 11) is 0. The van der Waals surface area contributed by atoms with E-state index in [0.29, 0.717) is 6.61 Å². The van der Waals surface area contributed by atoms with E-state index in [1.807, 2.05) is 6.92 Å². The fourth-order valence-electron chi connectivity index (χ4n) is 3.06. The number of carbonyl (C=O) groups is 2. The van der Waals surface area contributed by atoms with Crippen LogP contribution >= 0.6 is 0 Å². The van der Waals surface area contributed by atoms with Crippen LogP contribution in [0, 0.1) is 15.5 Å². The number of amides is 1. The van der Waals surface area contributed by atoms with Gasteiger partial charge in [-0.25, -0.2) is 4.79 Å². The number of carboxylic acid groups (broad SMARTS) is 1. The maximum atomic E-state index is 12.4. The van der Waals surface area contributed by atoms with Gasteiger partial charge in [-0.1, -0.05) is 19.9 Å². The van der Waals surface area contributed by atoms with Gasteiger partial charge in [0, 0.05) is 36.1 Å². The van der Waals surface area contributed by atoms with Gasteiger partial charge in [0.05, 0.1) is 11.0 Å². The van der Waals surface area contributed by atoms with E-state index in [1.54, 1.807) is 13.8 Å². The number of rotatable bonds is 6. The number of carboxylic acids is 1. The Morgan fingerprint density at radius 1 is 1.46 bits per heavy atom. The number of nitrogens with one attached hydrogen (secondary N) is 1. The lowest BCUT2D eigenvalue weighted by Crippen LogP contribution is -2.76. The molecule has 1 aliphatic rings. The Bertz CT molecular complexity index is 687. The quantitative estimate of drug-likeness (QED) is 0.605. The number of non-ortho nitro benzene ring substituents is 1. The van der Waals surface area contributed by atoms with Crippen molar-refractivity contribution in [2.75, 3.05) is 6.61 Å². The van der Waals surface area contributed by atoms with Crippen LogP contribution in [-0.2, 0) is 9.53 Å². The third kappa shape index (κ3) is 2.73. The minimum Gasteiger partial charge on any atom is -0.479 e. The van der Waals surface area contributed by atoms with Crippen LogP contribution < -0.4 is 5.32 Å². The second-order valence-electron chi connectivity index (χ2n) is 6.34. The average Bonchev–Trinajstić information content (AvgIpc) is 2.53. The molecule has 1 aromatic rings. The van der Waals surface area contributed by atoms with E-state index in [4.69, 9.17) is 4.74 Å². The fraction of sp³-hybridized carbons (Fsp3) is 0.500. The molecule has 1 fully saturated rings. The van der Waals surface area contributed by atoms with Crippen molar-refractivity contribution in [3.05, 3.63) is 39.9 Å². The molecule has 0 saturated heterocycles. The van der Waals surface area contributed by atoms with Crippen LogP contribution in [0.4, 0.5) is 5.69 Å². The number of aliphatic carboxylic acids is 1. The minimum atomic E-state index is -1.48. The number of nitro benzene ring substituents is 1. The molecule has 2 N–H and O–H groups in total. The van der Waals surface area contributed by atoms with Gasteiger partial charge >= 0.3 is 5.97 Å². The first-order valence-corrected chi connectivity index (χ1v) is 7.57. The molecule has 0 aliphatic heterocycles. The number of ether oxygens (including phenoxy) is 1. The summed E-state index contributed by atoms with van der Waals surface area (Å²) in [5, 5.41) is 23.0. The molecule has 8 nitrogen and oxygen atoms in total. The van der Waals surface area contributed by atoms with Gasteiger partial charge in [0.2, 0.25) is 0 Å². The van der Waals surface area contributed by atoms with Gasteiger partial charge in [0.1, 0.15) is 5.54 Å². The Balaban J connectivity index is 2.27. The van der Waals surface area contributed by atoms with E-state index in [0.717, 1.165) is 6.07 Å². The highest BCUT2D eigenvalue weighted by atomic mass is 16.6. The highest BCUT2D eigenvalue weighted by Crippen LogP contribution is 2.51. The van der Waals surface area contributed by atoms with Crippen LogP contribution in [0.2, 0.25) is 0 Å². The maximum absolute atomic E-state index is 12.4. The number of nitrogens with zero attached hydrogens (tertiary/aromatic N) is 1. The first kappa shape index (κ1) is 17.9. The molecule has 2 unspecified atom stereocenters. The van der Waals surface area contributed by atoms with E-state index < -0.39 is 27.8 Å². The zero-order chi connectivity index (χ0) is 18.1. The second kappa shape index (κ2) is 6.20. The summed E-state index contributed by atoms with van der Waals surface area (Å²) in [4.78, 5) is 34.5. The standard InChI is InChI=1S/C16H20N2O6/c1-4-24-12-9-16(14(20)21,15(12,2)3)17-13(19)10-6-5-7-11(8-10)18(22)23/h5-8,12H,4,9H2,1-3H3,(H,17,19)(H,20,21). The number of hydrogen-bond donors (Lipinski definition) is 2. The fourth-order valence-corrected chi connectivity index (χ4v) is 3.06. The Labute approximate surface area is 139 Å². The van der Waals surface area contributed by atoms with Crippen molar-refractivity contribution < 1.29 is 24.4 Å². The van der Waals surface area contributed by atoms with E-state index in [2.05, 4.69) is 5.32 Å². The predicted molar refractivity (Wildman–Crippen MR) is 84.7 cm³/mol. The van der Waals surface area contributed by atoms with Crippen molar-refractivity contribution in [2.45, 2.75) is 38.8 Å². The molecule has 0 spiro atoms. The van der Waals surface area contributed by atoms with Crippen LogP contribution in [0.1, 0.15) is 37.6 Å². The first-order chi connectivity index (χ1) is 11.2. The average molecular weight is 336 g/mol. The topological polar surface area (TPSA) is 119 Å². The maximum Gasteiger partial charge on any atom is 0.330 e. The van der Waals surface area contributed by atoms with Crippen LogP contribution in [0.3, 0.4) is 0 Å². The lowest BCUT2D eigenvalue weighted by molar-refractivity contribution is -0.384. The number of benzene rings is 1. The molecular formula is C16H20N2O6. The van der Waals surface area contributed by atoms with Crippen molar-refractivity contribution >= 4 is 17.6 Å². The van der Waals surface area contributed by atoms with Crippen molar-refractivity contribution in [1.82, 2.24) is 5.32 Å². The summed E-state index contributed by atoms with van der Waals surface area (Å²) in [5.74, 6) is -1.81. The van der Waals surface area contributed by atoms with Gasteiger partial charge < -0.3 is 15.2 Å². The molecule has 130 valence electrons. The summed E-state index contributed by atoms with van der Waals surface area (Å²) >= 11 is 0. The van der Waals surface area contributed by atoms with Crippen LogP contribution in [0.25, 0.3) is 0 Å². The van der Waals surface area contributed by atoms with Gasteiger partial charge in [0.25, 0.3) is 11.6 Å². The summed E-state index contributed by atoms with van der Waals surface area (Å²) in [5.41, 5.74) is -2.48. The largest absolute Gasteiger partial charge is 0.479 e. The Morgan fingerprint density at radius 2 is 2.12 bits per heavy atom. The second-order valence-corrected chi connectivity index (χ2v) is 6.34. The van der Waals surface area contributed by atoms with Crippen LogP contribution in [0.5, 0.6) is 0 Å². The summed E-state index contributed by atoms with van der Waals surface area (Å²) < 4.78 is 5.53. The SMILES string of the molecule is CCOC1CC(NC(=O)c2cccc([N+](=O)[O-])c2)(C(=O)O)C1(C)C. The summed E-state index contributed by atoms with van der Waals surface area (Å²) in [6, 6.07) is 5.18. The van der Waals surface area contributed by atoms with Crippen molar-refractivity contribution in [3.63, 3.8) is 0 Å². The molecule has 0 radical (unpaired) electrons. The zero-order valence-corrected chi connectivity index (χ0v) is 13.7. The zero-order valence-electron chi connectivity index (χ0n) is 13.7. The third-order valence-electron chi connectivity index (χ3n) is 4.78. The van der Waals surface area contributed by atoms with Crippen LogP contribution in [0.15, 0.2) is 24.3 Å². The molecule has 24 heavy (non-hydrogen) atoms. The molecule has 2 atom stereocenters. The normalized spacial score (nSPS) is 24.7. The number of carbonyl (C=O) groups excluding carboxylic acids is 1. The Kier molecular flexibility index (Phi) is 4.61. The van der Waals surface area contributed by atoms with Gasteiger partial charge in [0.15, 0.2) is 0 Å². The lowest BCUT2D eigenvalue weighted by Gasteiger charge is -2.58. The van der Waals surface area contributed by atoms with E-state index in [9.17, 15) is 24.8 Å². The van der Waals surface area contributed by atoms with E-state index >= 15 is 0 Å². The van der Waals surface area contributed by atoms with Gasteiger partial charge in [-0.2, -0.15) is 0 Å². The predicted octanol–water partition coefficient (Wildman–Crippen LogP) is 1.98. The summed E-state index contributed by atoms with van der Waals surface area (Å²) in [6.07, 6.45) is -0.145. The number of nitro groups is 1. The molecule has 8 heteroatoms. The lowest BCUT2D eigenvalue weighted by atomic mass is 9.54. The van der Waals surface area contributed by atoms with Gasteiger partial charge in [-0.15, -0.1) is 0 Å². The Hall–Kier alpha value is -2.48. The molecule has 1 aromatic carbocycles. The monoisotopic (exact) mass is 336 g/mol. The van der Waals surface area contributed by atoms with E-state index in [1.165, 1.54) is 18.2 Å². The molecular weight excluding hydrogens is 316 g/mol. The molecule has 0 bridgehead atoms. The highest BCUT2D eigenvalue weighted by Gasteiger charge is 2.66. The molecule has 1 aliphatic carbocycles. The van der Waals surface area contributed by atoms with Gasteiger partial charge in [-0.05, 0) is 13.0 Å². The van der Waals surface area contributed by atoms with Crippen molar-refractivity contribution in [2.24, 2.45) is 5.41 Å². The molecule has 0 aromatic heterocycles. The highest BCUT2D eigenvalue weighted by molar-refractivity contribution is 5.99. The molecule has 0 heterocycles. The van der Waals surface area contributed by atoms with Crippen LogP contribution in [-0.4, -0.2) is 40.2 Å². The summed E-state index contributed by atoms with van der Waals surface area (Å²) in [6.45, 7) is 5.71. The minimum absolute atomic E-state index is 0.0421. The number of hydrogen-bond acceptors (Lipinski definition) is 5. The van der Waals surface area contributed by atoms with E-state index in [-0.39, 0.29) is 23.8 Å². The molecule has 1 amide bonds. The van der Waals surface area contributed by atoms with Crippen molar-refractivity contribution in [1.29, 1.82) is 0 Å². The smallest absolute Gasteiger partial charge is 0.330 e.